The predicted octanol–water partition coefficient (Wildman–Crippen LogP) is 5.28. The molecule has 0 radical (unpaired) electrons. The maximum absolute atomic E-state index is 11.7. The number of carbonyl (C=O) groups is 1. The lowest BCUT2D eigenvalue weighted by atomic mass is 9.99. The van der Waals surface area contributed by atoms with Crippen molar-refractivity contribution in [2.45, 2.75) is 79.1 Å². The monoisotopic (exact) mass is 483 g/mol. The first-order chi connectivity index (χ1) is 16.8. The molecule has 192 valence electrons. The molecule has 2 aromatic rings. The van der Waals surface area contributed by atoms with Gasteiger partial charge in [-0.2, -0.15) is 0 Å². The van der Waals surface area contributed by atoms with E-state index in [-0.39, 0.29) is 19.1 Å². The van der Waals surface area contributed by atoms with Crippen LogP contribution in [0.15, 0.2) is 42.5 Å². The zero-order chi connectivity index (χ0) is 25.8. The van der Waals surface area contributed by atoms with Crippen LogP contribution in [0, 0.1) is 6.92 Å². The average Bonchev–Trinajstić information content (AvgIpc) is 2.80. The summed E-state index contributed by atoms with van der Waals surface area (Å²) in [4.78, 5) is 11.7. The van der Waals surface area contributed by atoms with Gasteiger partial charge < -0.3 is 25.0 Å². The Morgan fingerprint density at radius 1 is 1.09 bits per heavy atom. The van der Waals surface area contributed by atoms with Crippen molar-refractivity contribution in [1.29, 1.82) is 0 Å². The van der Waals surface area contributed by atoms with E-state index in [1.165, 1.54) is 0 Å². The Morgan fingerprint density at radius 2 is 1.80 bits per heavy atom. The van der Waals surface area contributed by atoms with E-state index in [0.29, 0.717) is 19.6 Å². The van der Waals surface area contributed by atoms with E-state index in [9.17, 15) is 15.0 Å². The molecular formula is C29H41NO5. The summed E-state index contributed by atoms with van der Waals surface area (Å²) in [5.74, 6) is -0.0946. The van der Waals surface area contributed by atoms with Crippen molar-refractivity contribution in [1.82, 2.24) is 5.32 Å². The van der Waals surface area contributed by atoms with Crippen LogP contribution in [0.3, 0.4) is 0 Å². The molecular weight excluding hydrogens is 442 g/mol. The molecule has 0 aliphatic rings. The Labute approximate surface area is 210 Å². The molecule has 0 saturated carbocycles. The van der Waals surface area contributed by atoms with Crippen LogP contribution in [0.5, 0.6) is 5.75 Å². The van der Waals surface area contributed by atoms with Crippen molar-refractivity contribution in [3.8, 4) is 5.75 Å². The third-order valence-corrected chi connectivity index (χ3v) is 5.50. The minimum absolute atomic E-state index is 0.0355. The van der Waals surface area contributed by atoms with Gasteiger partial charge in [-0.3, -0.25) is 0 Å². The lowest BCUT2D eigenvalue weighted by Gasteiger charge is -2.19. The molecule has 6 heteroatoms. The minimum Gasteiger partial charge on any atom is -0.494 e. The van der Waals surface area contributed by atoms with Crippen molar-refractivity contribution < 1.29 is 24.5 Å². The van der Waals surface area contributed by atoms with Gasteiger partial charge in [-0.05, 0) is 80.5 Å². The van der Waals surface area contributed by atoms with E-state index in [4.69, 9.17) is 9.47 Å². The number of benzene rings is 2. The van der Waals surface area contributed by atoms with Crippen molar-refractivity contribution in [3.63, 3.8) is 0 Å². The number of rotatable bonds is 15. The van der Waals surface area contributed by atoms with E-state index in [2.05, 4.69) is 50.4 Å². The number of hydrogen-bond donors (Lipinski definition) is 3. The van der Waals surface area contributed by atoms with E-state index in [0.717, 1.165) is 52.1 Å². The van der Waals surface area contributed by atoms with Gasteiger partial charge in [-0.15, -0.1) is 0 Å². The SMILES string of the molecule is CC/C=C(/NCc1cc(CCO)cc(CC(OC(C)C)C(=O)O)c1)c1ccc(OCCC)cc1C. The number of aliphatic hydroxyl groups excluding tert-OH is 1. The Morgan fingerprint density at radius 3 is 2.40 bits per heavy atom. The van der Waals surface area contributed by atoms with E-state index >= 15 is 0 Å². The second-order valence-corrected chi connectivity index (χ2v) is 9.05. The summed E-state index contributed by atoms with van der Waals surface area (Å²) in [6.07, 6.45) is 3.73. The Bertz CT molecular complexity index is 983. The normalized spacial score (nSPS) is 12.6. The molecule has 35 heavy (non-hydrogen) atoms. The molecule has 0 heterocycles. The number of nitrogens with one attached hydrogen (secondary N) is 1. The van der Waals surface area contributed by atoms with Gasteiger partial charge in [-0.25, -0.2) is 4.79 Å². The first-order valence-corrected chi connectivity index (χ1v) is 12.6. The van der Waals surface area contributed by atoms with Gasteiger partial charge in [0, 0.05) is 30.8 Å². The van der Waals surface area contributed by atoms with Gasteiger partial charge in [0.25, 0.3) is 0 Å². The molecule has 0 amide bonds. The second kappa shape index (κ2) is 14.5. The molecule has 0 fully saturated rings. The van der Waals surface area contributed by atoms with Crippen LogP contribution in [0.25, 0.3) is 5.70 Å². The molecule has 0 spiro atoms. The highest BCUT2D eigenvalue weighted by Gasteiger charge is 2.20. The molecule has 1 unspecified atom stereocenters. The zero-order valence-electron chi connectivity index (χ0n) is 21.8. The van der Waals surface area contributed by atoms with Gasteiger partial charge in [0.15, 0.2) is 6.10 Å². The fourth-order valence-corrected chi connectivity index (χ4v) is 4.00. The highest BCUT2D eigenvalue weighted by molar-refractivity contribution is 5.73. The standard InChI is InChI=1S/C29H41NO5/c1-6-8-27(26-10-9-25(14-21(26)5)34-13-7-2)30-19-24-16-22(11-12-31)15-23(17-24)18-28(29(32)33)35-20(3)4/h8-10,14-17,20,28,30-31H,6-7,11-13,18-19H2,1-5H3,(H,32,33)/b27-8+. The summed E-state index contributed by atoms with van der Waals surface area (Å²) < 4.78 is 11.4. The van der Waals surface area contributed by atoms with Gasteiger partial charge >= 0.3 is 5.97 Å². The summed E-state index contributed by atoms with van der Waals surface area (Å²) in [6, 6.07) is 12.2. The average molecular weight is 484 g/mol. The number of carboxylic acids is 1. The van der Waals surface area contributed by atoms with Crippen LogP contribution < -0.4 is 10.1 Å². The molecule has 1 atom stereocenters. The van der Waals surface area contributed by atoms with Crippen LogP contribution in [0.4, 0.5) is 0 Å². The van der Waals surface area contributed by atoms with E-state index in [1.807, 2.05) is 32.0 Å². The third-order valence-electron chi connectivity index (χ3n) is 5.50. The summed E-state index contributed by atoms with van der Waals surface area (Å²) in [5, 5.41) is 22.6. The number of allylic oxidation sites excluding steroid dienone is 1. The maximum Gasteiger partial charge on any atom is 0.333 e. The lowest BCUT2D eigenvalue weighted by Crippen LogP contribution is -2.29. The second-order valence-electron chi connectivity index (χ2n) is 9.05. The molecule has 0 aromatic heterocycles. The van der Waals surface area contributed by atoms with Gasteiger partial charge in [0.2, 0.25) is 0 Å². The topological polar surface area (TPSA) is 88.0 Å². The fourth-order valence-electron chi connectivity index (χ4n) is 4.00. The van der Waals surface area contributed by atoms with Crippen molar-refractivity contribution in [3.05, 3.63) is 70.3 Å². The lowest BCUT2D eigenvalue weighted by molar-refractivity contribution is -0.153. The number of hydrogen-bond acceptors (Lipinski definition) is 5. The van der Waals surface area contributed by atoms with Crippen LogP contribution in [0.2, 0.25) is 0 Å². The van der Waals surface area contributed by atoms with Crippen molar-refractivity contribution in [2.24, 2.45) is 0 Å². The van der Waals surface area contributed by atoms with Crippen molar-refractivity contribution in [2.75, 3.05) is 13.2 Å². The summed E-state index contributed by atoms with van der Waals surface area (Å²) >= 11 is 0. The quantitative estimate of drug-likeness (QED) is 0.319. The van der Waals surface area contributed by atoms with Gasteiger partial charge in [-0.1, -0.05) is 38.1 Å². The number of aryl methyl sites for hydroxylation is 1. The first-order valence-electron chi connectivity index (χ1n) is 12.6. The minimum atomic E-state index is -0.971. The zero-order valence-corrected chi connectivity index (χ0v) is 21.8. The molecule has 0 saturated heterocycles. The van der Waals surface area contributed by atoms with Crippen molar-refractivity contribution >= 4 is 11.7 Å². The highest BCUT2D eigenvalue weighted by atomic mass is 16.5. The highest BCUT2D eigenvalue weighted by Crippen LogP contribution is 2.24. The summed E-state index contributed by atoms with van der Waals surface area (Å²) in [6.45, 7) is 11.3. The largest absolute Gasteiger partial charge is 0.494 e. The number of aliphatic hydroxyl groups is 1. The van der Waals surface area contributed by atoms with Crippen LogP contribution >= 0.6 is 0 Å². The molecule has 0 bridgehead atoms. The summed E-state index contributed by atoms with van der Waals surface area (Å²) in [5.41, 5.74) is 6.20. The Hall–Kier alpha value is -2.83. The van der Waals surface area contributed by atoms with Crippen LogP contribution in [0.1, 0.15) is 68.4 Å². The number of ether oxygens (including phenoxy) is 2. The first kappa shape index (κ1) is 28.4. The smallest absolute Gasteiger partial charge is 0.333 e. The predicted molar refractivity (Wildman–Crippen MR) is 141 cm³/mol. The molecule has 3 N–H and O–H groups in total. The van der Waals surface area contributed by atoms with Crippen LogP contribution in [-0.2, 0) is 28.9 Å². The molecule has 2 rings (SSSR count). The number of aliphatic carboxylic acids is 1. The summed E-state index contributed by atoms with van der Waals surface area (Å²) in [7, 11) is 0. The molecule has 6 nitrogen and oxygen atoms in total. The maximum atomic E-state index is 11.7. The van der Waals surface area contributed by atoms with E-state index in [1.54, 1.807) is 0 Å². The van der Waals surface area contributed by atoms with Gasteiger partial charge in [0.1, 0.15) is 5.75 Å². The fraction of sp³-hybridized carbons (Fsp3) is 0.483. The molecule has 2 aromatic carbocycles. The van der Waals surface area contributed by atoms with E-state index < -0.39 is 12.1 Å². The third kappa shape index (κ3) is 9.38. The Balaban J connectivity index is 2.25. The number of carboxylic acid groups (broad SMARTS) is 1. The Kier molecular flexibility index (Phi) is 11.8. The molecule has 0 aliphatic heterocycles. The van der Waals surface area contributed by atoms with Gasteiger partial charge in [0.05, 0.1) is 12.7 Å². The van der Waals surface area contributed by atoms with Crippen LogP contribution in [-0.4, -0.2) is 41.6 Å². The molecule has 0 aliphatic carbocycles.